The maximum absolute atomic E-state index is 5.64. The topological polar surface area (TPSA) is 38.5 Å². The van der Waals surface area contributed by atoms with Crippen LogP contribution in [0.15, 0.2) is 24.3 Å². The molecule has 0 spiro atoms. The van der Waals surface area contributed by atoms with E-state index >= 15 is 0 Å². The second-order valence-electron chi connectivity index (χ2n) is 4.62. The first kappa shape index (κ1) is 11.3. The van der Waals surface area contributed by atoms with E-state index in [0.717, 1.165) is 30.5 Å². The van der Waals surface area contributed by atoms with Gasteiger partial charge in [-0.05, 0) is 50.1 Å². The molecular formula is C13H20N2O. The molecular weight excluding hydrogens is 200 g/mol. The van der Waals surface area contributed by atoms with Crippen LogP contribution in [0.25, 0.3) is 0 Å². The minimum absolute atomic E-state index is 0.743. The van der Waals surface area contributed by atoms with Crippen LogP contribution in [-0.2, 0) is 0 Å². The molecule has 1 aliphatic rings. The number of nitrogen functional groups attached to an aromatic ring is 1. The van der Waals surface area contributed by atoms with E-state index in [4.69, 9.17) is 10.5 Å². The van der Waals surface area contributed by atoms with Gasteiger partial charge in [0, 0.05) is 18.8 Å². The number of nitrogens with zero attached hydrogens (tertiary/aromatic N) is 1. The highest BCUT2D eigenvalue weighted by Crippen LogP contribution is 2.29. The van der Waals surface area contributed by atoms with E-state index in [9.17, 15) is 0 Å². The molecule has 0 bridgehead atoms. The van der Waals surface area contributed by atoms with Crippen molar-refractivity contribution < 1.29 is 4.74 Å². The van der Waals surface area contributed by atoms with Gasteiger partial charge in [0.1, 0.15) is 12.4 Å². The summed E-state index contributed by atoms with van der Waals surface area (Å²) >= 11 is 0. The summed E-state index contributed by atoms with van der Waals surface area (Å²) in [6.07, 6.45) is 2.81. The summed E-state index contributed by atoms with van der Waals surface area (Å²) in [6, 6.07) is 7.55. The van der Waals surface area contributed by atoms with Crippen LogP contribution in [0.1, 0.15) is 12.8 Å². The lowest BCUT2D eigenvalue weighted by Gasteiger charge is -2.16. The fourth-order valence-corrected chi connectivity index (χ4v) is 1.72. The number of hydrogen-bond acceptors (Lipinski definition) is 3. The predicted molar refractivity (Wildman–Crippen MR) is 66.6 cm³/mol. The smallest absolute Gasteiger partial charge is 0.119 e. The Kier molecular flexibility index (Phi) is 3.67. The number of ether oxygens (including phenoxy) is 1. The second kappa shape index (κ2) is 5.21. The molecule has 1 aliphatic carbocycles. The number of rotatable bonds is 6. The third kappa shape index (κ3) is 3.74. The molecule has 0 radical (unpaired) electrons. The van der Waals surface area contributed by atoms with E-state index in [1.807, 2.05) is 24.3 Å². The SMILES string of the molecule is CN(CCOc1ccc(N)cc1)CC1CC1. The monoisotopic (exact) mass is 220 g/mol. The van der Waals surface area contributed by atoms with Gasteiger partial charge >= 0.3 is 0 Å². The van der Waals surface area contributed by atoms with Crippen LogP contribution in [0.5, 0.6) is 5.75 Å². The summed E-state index contributed by atoms with van der Waals surface area (Å²) in [5.74, 6) is 1.84. The molecule has 1 aromatic rings. The Morgan fingerprint density at radius 1 is 1.31 bits per heavy atom. The van der Waals surface area contributed by atoms with E-state index in [1.165, 1.54) is 19.4 Å². The summed E-state index contributed by atoms with van der Waals surface area (Å²) in [7, 11) is 2.16. The van der Waals surface area contributed by atoms with Gasteiger partial charge in [0.25, 0.3) is 0 Å². The Labute approximate surface area is 97.2 Å². The zero-order valence-electron chi connectivity index (χ0n) is 9.86. The fourth-order valence-electron chi connectivity index (χ4n) is 1.72. The van der Waals surface area contributed by atoms with Crippen molar-refractivity contribution in [2.75, 3.05) is 32.5 Å². The van der Waals surface area contributed by atoms with Gasteiger partial charge in [-0.2, -0.15) is 0 Å². The average molecular weight is 220 g/mol. The molecule has 2 rings (SSSR count). The number of nitrogens with two attached hydrogens (primary N) is 1. The Bertz CT molecular complexity index is 319. The Morgan fingerprint density at radius 2 is 2.00 bits per heavy atom. The molecule has 88 valence electrons. The molecule has 16 heavy (non-hydrogen) atoms. The Hall–Kier alpha value is -1.22. The minimum atomic E-state index is 0.743. The third-order valence-electron chi connectivity index (χ3n) is 2.89. The number of likely N-dealkylation sites (N-methyl/N-ethyl adjacent to an activating group) is 1. The van der Waals surface area contributed by atoms with E-state index in [-0.39, 0.29) is 0 Å². The summed E-state index contributed by atoms with van der Waals surface area (Å²) in [5.41, 5.74) is 6.38. The standard InChI is InChI=1S/C13H20N2O/c1-15(10-11-2-3-11)8-9-16-13-6-4-12(14)5-7-13/h4-7,11H,2-3,8-10,14H2,1H3. The Balaban J connectivity index is 1.64. The molecule has 3 nitrogen and oxygen atoms in total. The van der Waals surface area contributed by atoms with Crippen molar-refractivity contribution in [1.29, 1.82) is 0 Å². The van der Waals surface area contributed by atoms with Crippen LogP contribution >= 0.6 is 0 Å². The van der Waals surface area contributed by atoms with Gasteiger partial charge in [-0.3, -0.25) is 0 Å². The molecule has 1 saturated carbocycles. The molecule has 0 saturated heterocycles. The van der Waals surface area contributed by atoms with Gasteiger partial charge in [0.2, 0.25) is 0 Å². The number of benzene rings is 1. The fraction of sp³-hybridized carbons (Fsp3) is 0.538. The zero-order valence-corrected chi connectivity index (χ0v) is 9.86. The first-order chi connectivity index (χ1) is 7.74. The lowest BCUT2D eigenvalue weighted by Crippen LogP contribution is -2.26. The van der Waals surface area contributed by atoms with Gasteiger partial charge in [-0.15, -0.1) is 0 Å². The average Bonchev–Trinajstić information content (AvgIpc) is 3.05. The maximum atomic E-state index is 5.64. The van der Waals surface area contributed by atoms with E-state index in [0.29, 0.717) is 0 Å². The zero-order chi connectivity index (χ0) is 11.4. The van der Waals surface area contributed by atoms with Crippen LogP contribution in [0.3, 0.4) is 0 Å². The normalized spacial score (nSPS) is 15.4. The van der Waals surface area contributed by atoms with Gasteiger partial charge in [-0.1, -0.05) is 0 Å². The van der Waals surface area contributed by atoms with Gasteiger partial charge in [-0.25, -0.2) is 0 Å². The van der Waals surface area contributed by atoms with Crippen LogP contribution in [0.2, 0.25) is 0 Å². The van der Waals surface area contributed by atoms with Crippen molar-refractivity contribution >= 4 is 5.69 Å². The Morgan fingerprint density at radius 3 is 2.62 bits per heavy atom. The lowest BCUT2D eigenvalue weighted by molar-refractivity contribution is 0.232. The van der Waals surface area contributed by atoms with Crippen molar-refractivity contribution in [3.8, 4) is 5.75 Å². The van der Waals surface area contributed by atoms with Crippen molar-refractivity contribution in [3.63, 3.8) is 0 Å². The largest absolute Gasteiger partial charge is 0.492 e. The van der Waals surface area contributed by atoms with E-state index in [1.54, 1.807) is 0 Å². The van der Waals surface area contributed by atoms with Gasteiger partial charge < -0.3 is 15.4 Å². The molecule has 0 atom stereocenters. The molecule has 2 N–H and O–H groups in total. The van der Waals surface area contributed by atoms with E-state index < -0.39 is 0 Å². The number of anilines is 1. The molecule has 1 aromatic carbocycles. The quantitative estimate of drug-likeness (QED) is 0.745. The molecule has 3 heteroatoms. The maximum Gasteiger partial charge on any atom is 0.119 e. The van der Waals surface area contributed by atoms with Crippen molar-refractivity contribution in [1.82, 2.24) is 4.90 Å². The minimum Gasteiger partial charge on any atom is -0.492 e. The summed E-state index contributed by atoms with van der Waals surface area (Å²) in [4.78, 5) is 2.34. The number of hydrogen-bond donors (Lipinski definition) is 1. The van der Waals surface area contributed by atoms with Crippen molar-refractivity contribution in [3.05, 3.63) is 24.3 Å². The summed E-state index contributed by atoms with van der Waals surface area (Å²) in [5, 5.41) is 0. The highest BCUT2D eigenvalue weighted by atomic mass is 16.5. The predicted octanol–water partition coefficient (Wildman–Crippen LogP) is 1.99. The van der Waals surface area contributed by atoms with Crippen LogP contribution in [0.4, 0.5) is 5.69 Å². The first-order valence-electron chi connectivity index (χ1n) is 5.91. The van der Waals surface area contributed by atoms with Crippen LogP contribution in [0, 0.1) is 5.92 Å². The second-order valence-corrected chi connectivity index (χ2v) is 4.62. The highest BCUT2D eigenvalue weighted by Gasteiger charge is 2.22. The van der Waals surface area contributed by atoms with E-state index in [2.05, 4.69) is 11.9 Å². The molecule has 0 aliphatic heterocycles. The molecule has 0 amide bonds. The molecule has 1 fully saturated rings. The summed E-state index contributed by atoms with van der Waals surface area (Å²) < 4.78 is 5.64. The van der Waals surface area contributed by atoms with Gasteiger partial charge in [0.15, 0.2) is 0 Å². The van der Waals surface area contributed by atoms with Crippen molar-refractivity contribution in [2.24, 2.45) is 5.92 Å². The lowest BCUT2D eigenvalue weighted by atomic mass is 10.3. The molecule has 0 aromatic heterocycles. The van der Waals surface area contributed by atoms with Crippen molar-refractivity contribution in [2.45, 2.75) is 12.8 Å². The van der Waals surface area contributed by atoms with Crippen LogP contribution < -0.4 is 10.5 Å². The molecule has 0 unspecified atom stereocenters. The van der Waals surface area contributed by atoms with Crippen LogP contribution in [-0.4, -0.2) is 31.6 Å². The van der Waals surface area contributed by atoms with Gasteiger partial charge in [0.05, 0.1) is 0 Å². The molecule has 0 heterocycles. The third-order valence-corrected chi connectivity index (χ3v) is 2.89. The highest BCUT2D eigenvalue weighted by molar-refractivity contribution is 5.41. The first-order valence-corrected chi connectivity index (χ1v) is 5.91. The summed E-state index contributed by atoms with van der Waals surface area (Å²) in [6.45, 7) is 2.94.